The molecule has 3 aromatic carbocycles. The minimum atomic E-state index is -3.57. The standard InChI is InChI=1S/C28H29O5P/c1-3-32-27(29)26(28(30)33-4-2)25(21-20-22-14-8-5-9-15-22)34(31,23-16-10-6-11-17-23)24-18-12-7-13-19-24/h5-21,25-26H,3-4H2,1-2H3/b21-20+/t25-/m1/s1. The molecule has 3 aromatic rings. The van der Waals surface area contributed by atoms with Crippen LogP contribution in [-0.2, 0) is 23.6 Å². The summed E-state index contributed by atoms with van der Waals surface area (Å²) in [7, 11) is -3.57. The van der Waals surface area contributed by atoms with E-state index in [1.54, 1.807) is 74.5 Å². The number of rotatable bonds is 10. The Hall–Kier alpha value is -3.43. The molecule has 0 fully saturated rings. The lowest BCUT2D eigenvalue weighted by Crippen LogP contribution is -2.40. The molecule has 0 aliphatic rings. The van der Waals surface area contributed by atoms with Crippen molar-refractivity contribution in [1.29, 1.82) is 0 Å². The van der Waals surface area contributed by atoms with E-state index in [0.29, 0.717) is 10.6 Å². The van der Waals surface area contributed by atoms with E-state index in [2.05, 4.69) is 0 Å². The number of allylic oxidation sites excluding steroid dienone is 1. The van der Waals surface area contributed by atoms with Gasteiger partial charge in [-0.2, -0.15) is 0 Å². The Kier molecular flexibility index (Phi) is 9.00. The van der Waals surface area contributed by atoms with Crippen LogP contribution in [0, 0.1) is 5.92 Å². The molecule has 34 heavy (non-hydrogen) atoms. The Morgan fingerprint density at radius 2 is 1.15 bits per heavy atom. The highest BCUT2D eigenvalue weighted by atomic mass is 31.2. The summed E-state index contributed by atoms with van der Waals surface area (Å²) in [6.45, 7) is 3.52. The van der Waals surface area contributed by atoms with Gasteiger partial charge in [-0.3, -0.25) is 9.59 Å². The van der Waals surface area contributed by atoms with E-state index >= 15 is 4.57 Å². The van der Waals surface area contributed by atoms with E-state index in [1.807, 2.05) is 42.5 Å². The van der Waals surface area contributed by atoms with E-state index < -0.39 is 30.7 Å². The molecule has 0 bridgehead atoms. The second-order valence-corrected chi connectivity index (χ2v) is 10.5. The molecule has 0 aliphatic carbocycles. The van der Waals surface area contributed by atoms with Crippen LogP contribution in [0.2, 0.25) is 0 Å². The number of hydrogen-bond donors (Lipinski definition) is 0. The largest absolute Gasteiger partial charge is 0.465 e. The smallest absolute Gasteiger partial charge is 0.321 e. The van der Waals surface area contributed by atoms with Gasteiger partial charge in [-0.1, -0.05) is 103 Å². The lowest BCUT2D eigenvalue weighted by molar-refractivity contribution is -0.161. The lowest BCUT2D eigenvalue weighted by Gasteiger charge is -2.30. The predicted octanol–water partition coefficient (Wildman–Crippen LogP) is 4.82. The van der Waals surface area contributed by atoms with Crippen molar-refractivity contribution < 1.29 is 23.6 Å². The SMILES string of the molecule is CCOC(=O)C(C(=O)OCC)[C@@H](/C=C/c1ccccc1)P(=O)(c1ccccc1)c1ccccc1. The highest BCUT2D eigenvalue weighted by molar-refractivity contribution is 7.79. The summed E-state index contributed by atoms with van der Waals surface area (Å²) < 4.78 is 25.7. The maximum atomic E-state index is 15.1. The second kappa shape index (κ2) is 12.2. The minimum absolute atomic E-state index is 0.0881. The molecule has 0 aromatic heterocycles. The topological polar surface area (TPSA) is 69.7 Å². The summed E-state index contributed by atoms with van der Waals surface area (Å²) in [5.74, 6) is -2.90. The maximum Gasteiger partial charge on any atom is 0.321 e. The molecular weight excluding hydrogens is 447 g/mol. The molecular formula is C28H29O5P. The van der Waals surface area contributed by atoms with Gasteiger partial charge in [0.2, 0.25) is 0 Å². The molecule has 176 valence electrons. The van der Waals surface area contributed by atoms with Crippen molar-refractivity contribution in [3.05, 3.63) is 103 Å². The molecule has 0 saturated heterocycles. The first-order valence-electron chi connectivity index (χ1n) is 11.3. The van der Waals surface area contributed by atoms with E-state index in [0.717, 1.165) is 5.56 Å². The predicted molar refractivity (Wildman–Crippen MR) is 136 cm³/mol. The Balaban J connectivity index is 2.28. The first-order valence-corrected chi connectivity index (χ1v) is 13.1. The maximum absolute atomic E-state index is 15.1. The Morgan fingerprint density at radius 3 is 1.56 bits per heavy atom. The van der Waals surface area contributed by atoms with Gasteiger partial charge in [-0.05, 0) is 19.4 Å². The van der Waals surface area contributed by atoms with Crippen molar-refractivity contribution in [2.24, 2.45) is 5.92 Å². The molecule has 0 N–H and O–H groups in total. The Bertz CT molecular complexity index is 1080. The van der Waals surface area contributed by atoms with Crippen molar-refractivity contribution in [3.63, 3.8) is 0 Å². The van der Waals surface area contributed by atoms with Crippen LogP contribution in [0.3, 0.4) is 0 Å². The number of carbonyl (C=O) groups is 2. The van der Waals surface area contributed by atoms with Gasteiger partial charge < -0.3 is 14.0 Å². The molecule has 6 heteroatoms. The van der Waals surface area contributed by atoms with Gasteiger partial charge >= 0.3 is 11.9 Å². The summed E-state index contributed by atoms with van der Waals surface area (Å²) in [4.78, 5) is 26.3. The monoisotopic (exact) mass is 476 g/mol. The fourth-order valence-corrected chi connectivity index (χ4v) is 7.06. The summed E-state index contributed by atoms with van der Waals surface area (Å²) in [6.07, 6.45) is 3.48. The van der Waals surface area contributed by atoms with E-state index in [4.69, 9.17) is 9.47 Å². The Morgan fingerprint density at radius 1 is 0.735 bits per heavy atom. The van der Waals surface area contributed by atoms with Gasteiger partial charge in [0.25, 0.3) is 0 Å². The first kappa shape index (κ1) is 25.2. The van der Waals surface area contributed by atoms with Crippen molar-refractivity contribution in [1.82, 2.24) is 0 Å². The number of hydrogen-bond acceptors (Lipinski definition) is 5. The van der Waals surface area contributed by atoms with Gasteiger partial charge in [0.1, 0.15) is 0 Å². The molecule has 0 radical (unpaired) electrons. The molecule has 5 nitrogen and oxygen atoms in total. The highest BCUT2D eigenvalue weighted by Crippen LogP contribution is 2.52. The van der Waals surface area contributed by atoms with Crippen molar-refractivity contribution >= 4 is 35.8 Å². The highest BCUT2D eigenvalue weighted by Gasteiger charge is 2.47. The number of carbonyl (C=O) groups excluding carboxylic acids is 2. The van der Waals surface area contributed by atoms with Crippen LogP contribution in [0.5, 0.6) is 0 Å². The number of ether oxygens (including phenoxy) is 2. The molecule has 0 spiro atoms. The fourth-order valence-electron chi connectivity index (χ4n) is 3.85. The average Bonchev–Trinajstić information content (AvgIpc) is 2.88. The molecule has 0 saturated carbocycles. The quantitative estimate of drug-likeness (QED) is 0.238. The molecule has 0 unspecified atom stereocenters. The van der Waals surface area contributed by atoms with Gasteiger partial charge in [-0.15, -0.1) is 0 Å². The molecule has 0 aliphatic heterocycles. The normalized spacial score (nSPS) is 12.4. The zero-order valence-electron chi connectivity index (χ0n) is 19.4. The van der Waals surface area contributed by atoms with Crippen LogP contribution in [0.1, 0.15) is 19.4 Å². The van der Waals surface area contributed by atoms with Crippen LogP contribution in [0.4, 0.5) is 0 Å². The third kappa shape index (κ3) is 5.73. The molecule has 0 amide bonds. The fraction of sp³-hybridized carbons (Fsp3) is 0.214. The van der Waals surface area contributed by atoms with Gasteiger partial charge in [0.15, 0.2) is 13.1 Å². The summed E-state index contributed by atoms with van der Waals surface area (Å²) in [5, 5.41) is 1.09. The van der Waals surface area contributed by atoms with Gasteiger partial charge in [0, 0.05) is 10.6 Å². The zero-order valence-corrected chi connectivity index (χ0v) is 20.3. The van der Waals surface area contributed by atoms with Crippen molar-refractivity contribution in [2.45, 2.75) is 19.5 Å². The minimum Gasteiger partial charge on any atom is -0.465 e. The van der Waals surface area contributed by atoms with E-state index in [-0.39, 0.29) is 13.2 Å². The molecule has 1 atom stereocenters. The summed E-state index contributed by atoms with van der Waals surface area (Å²) in [5.41, 5.74) is -0.165. The van der Waals surface area contributed by atoms with Crippen molar-refractivity contribution in [3.8, 4) is 0 Å². The van der Waals surface area contributed by atoms with Crippen LogP contribution in [0.25, 0.3) is 6.08 Å². The van der Waals surface area contributed by atoms with Crippen LogP contribution in [-0.4, -0.2) is 30.8 Å². The third-order valence-electron chi connectivity index (χ3n) is 5.41. The molecule has 0 heterocycles. The van der Waals surface area contributed by atoms with Crippen LogP contribution in [0.15, 0.2) is 97.1 Å². The van der Waals surface area contributed by atoms with Gasteiger partial charge in [0.05, 0.1) is 18.9 Å². The number of benzene rings is 3. The van der Waals surface area contributed by atoms with Crippen LogP contribution >= 0.6 is 7.14 Å². The Labute approximate surface area is 200 Å². The van der Waals surface area contributed by atoms with Crippen LogP contribution < -0.4 is 10.6 Å². The summed E-state index contributed by atoms with van der Waals surface area (Å²) in [6, 6.07) is 27.4. The van der Waals surface area contributed by atoms with Crippen molar-refractivity contribution in [2.75, 3.05) is 13.2 Å². The average molecular weight is 477 g/mol. The first-order chi connectivity index (χ1) is 16.5. The van der Waals surface area contributed by atoms with E-state index in [1.165, 1.54) is 0 Å². The van der Waals surface area contributed by atoms with Gasteiger partial charge in [-0.25, -0.2) is 0 Å². The summed E-state index contributed by atoms with van der Waals surface area (Å²) >= 11 is 0. The van der Waals surface area contributed by atoms with E-state index in [9.17, 15) is 9.59 Å². The lowest BCUT2D eigenvalue weighted by atomic mass is 10.0. The molecule has 3 rings (SSSR count). The third-order valence-corrected chi connectivity index (χ3v) is 8.85. The number of esters is 2. The zero-order chi connectivity index (χ0) is 24.4. The second-order valence-electron chi connectivity index (χ2n) is 7.57.